The number of halogens is 3. The highest BCUT2D eigenvalue weighted by atomic mass is 19.4. The van der Waals surface area contributed by atoms with Gasteiger partial charge in [0.15, 0.2) is 0 Å². The largest absolute Gasteiger partial charge is 0.573 e. The Bertz CT molecular complexity index is 1050. The van der Waals surface area contributed by atoms with E-state index in [1.54, 1.807) is 12.4 Å². The van der Waals surface area contributed by atoms with Crippen molar-refractivity contribution in [2.45, 2.75) is 25.6 Å². The van der Waals surface area contributed by atoms with Crippen molar-refractivity contribution in [1.29, 1.82) is 0 Å². The van der Waals surface area contributed by atoms with Crippen LogP contribution in [0.5, 0.6) is 11.8 Å². The number of aromatic nitrogens is 4. The maximum atomic E-state index is 12.2. The van der Waals surface area contributed by atoms with Crippen LogP contribution in [-0.4, -0.2) is 43.3 Å². The Morgan fingerprint density at radius 1 is 1.27 bits per heavy atom. The van der Waals surface area contributed by atoms with Crippen LogP contribution in [0.2, 0.25) is 0 Å². The molecule has 0 aliphatic carbocycles. The first kappa shape index (κ1) is 19.7. The summed E-state index contributed by atoms with van der Waals surface area (Å²) in [7, 11) is 0. The van der Waals surface area contributed by atoms with Crippen molar-refractivity contribution in [3.63, 3.8) is 0 Å². The second kappa shape index (κ2) is 7.67. The molecule has 0 spiro atoms. The molecule has 0 radical (unpaired) electrons. The average molecular weight is 425 g/mol. The lowest BCUT2D eigenvalue weighted by Gasteiger charge is -2.22. The number of imidazole rings is 1. The summed E-state index contributed by atoms with van der Waals surface area (Å²) in [5.74, 6) is -0.614. The molecular weight excluding hydrogens is 411 g/mol. The smallest absolute Gasteiger partial charge is 0.443 e. The standard InChI is InChI=1S/C17H14F3N5O5/c18-17(19,20)30-13-3-1-12(2-4-13)24-6-11(5-21-24)9-28-14-7-23-8-15(25(26)27)22-16(23)29-10-14/h1-6,8,14H,7,9-10H2/t14-/m0/s1. The lowest BCUT2D eigenvalue weighted by atomic mass is 10.3. The fourth-order valence-corrected chi connectivity index (χ4v) is 2.85. The first-order valence-electron chi connectivity index (χ1n) is 8.62. The van der Waals surface area contributed by atoms with Crippen molar-refractivity contribution in [3.05, 3.63) is 58.5 Å². The van der Waals surface area contributed by atoms with Crippen molar-refractivity contribution < 1.29 is 32.3 Å². The van der Waals surface area contributed by atoms with E-state index in [1.165, 1.54) is 39.7 Å². The highest BCUT2D eigenvalue weighted by molar-refractivity contribution is 5.37. The van der Waals surface area contributed by atoms with Gasteiger partial charge in [-0.3, -0.25) is 4.57 Å². The Morgan fingerprint density at radius 3 is 2.73 bits per heavy atom. The van der Waals surface area contributed by atoms with E-state index >= 15 is 0 Å². The van der Waals surface area contributed by atoms with Gasteiger partial charge in [0.05, 0.1) is 25.0 Å². The van der Waals surface area contributed by atoms with Gasteiger partial charge in [-0.1, -0.05) is 0 Å². The summed E-state index contributed by atoms with van der Waals surface area (Å²) in [6.45, 7) is 0.753. The highest BCUT2D eigenvalue weighted by Gasteiger charge is 2.31. The van der Waals surface area contributed by atoms with Crippen molar-refractivity contribution in [2.75, 3.05) is 6.61 Å². The Balaban J connectivity index is 1.34. The molecule has 0 saturated heterocycles. The van der Waals surface area contributed by atoms with Gasteiger partial charge in [0.2, 0.25) is 0 Å². The number of fused-ring (bicyclic) bond motifs is 1. The zero-order valence-corrected chi connectivity index (χ0v) is 15.2. The monoisotopic (exact) mass is 425 g/mol. The number of ether oxygens (including phenoxy) is 3. The molecule has 0 bridgehead atoms. The lowest BCUT2D eigenvalue weighted by Crippen LogP contribution is -2.32. The molecule has 1 aliphatic heterocycles. The molecule has 30 heavy (non-hydrogen) atoms. The van der Waals surface area contributed by atoms with Crippen LogP contribution >= 0.6 is 0 Å². The fourth-order valence-electron chi connectivity index (χ4n) is 2.85. The van der Waals surface area contributed by atoms with Gasteiger partial charge in [-0.05, 0) is 29.2 Å². The summed E-state index contributed by atoms with van der Waals surface area (Å²) in [6, 6.07) is 5.46. The summed E-state index contributed by atoms with van der Waals surface area (Å²) in [4.78, 5) is 14.0. The topological polar surface area (TPSA) is 106 Å². The fraction of sp³-hybridized carbons (Fsp3) is 0.294. The van der Waals surface area contributed by atoms with Gasteiger partial charge in [0.1, 0.15) is 24.7 Å². The molecule has 4 rings (SSSR count). The number of rotatable bonds is 6. The van der Waals surface area contributed by atoms with Gasteiger partial charge in [-0.15, -0.1) is 13.2 Å². The molecular formula is C17H14F3N5O5. The Labute approximate surface area is 166 Å². The van der Waals surface area contributed by atoms with Crippen LogP contribution in [0.25, 0.3) is 5.69 Å². The molecule has 2 aromatic heterocycles. The predicted molar refractivity (Wildman–Crippen MR) is 93.2 cm³/mol. The van der Waals surface area contributed by atoms with Crippen molar-refractivity contribution in [1.82, 2.24) is 19.3 Å². The van der Waals surface area contributed by atoms with Gasteiger partial charge >= 0.3 is 18.2 Å². The van der Waals surface area contributed by atoms with Crippen LogP contribution < -0.4 is 9.47 Å². The third-order valence-electron chi connectivity index (χ3n) is 4.17. The molecule has 0 amide bonds. The molecule has 10 nitrogen and oxygen atoms in total. The van der Waals surface area contributed by atoms with Crippen molar-refractivity contribution in [2.24, 2.45) is 0 Å². The number of nitrogens with zero attached hydrogens (tertiary/aromatic N) is 5. The number of benzene rings is 1. The number of nitro groups is 1. The zero-order valence-electron chi connectivity index (χ0n) is 15.2. The molecule has 13 heteroatoms. The van der Waals surface area contributed by atoms with Crippen LogP contribution in [0.3, 0.4) is 0 Å². The third kappa shape index (κ3) is 4.51. The Morgan fingerprint density at radius 2 is 2.03 bits per heavy atom. The molecule has 158 valence electrons. The second-order valence-electron chi connectivity index (χ2n) is 6.37. The molecule has 1 aliphatic rings. The van der Waals surface area contributed by atoms with Crippen LogP contribution in [-0.2, 0) is 17.9 Å². The van der Waals surface area contributed by atoms with E-state index in [0.29, 0.717) is 12.2 Å². The summed E-state index contributed by atoms with van der Waals surface area (Å²) >= 11 is 0. The van der Waals surface area contributed by atoms with E-state index < -0.39 is 11.3 Å². The zero-order chi connectivity index (χ0) is 21.3. The van der Waals surface area contributed by atoms with Gasteiger partial charge in [0.25, 0.3) is 0 Å². The lowest BCUT2D eigenvalue weighted by molar-refractivity contribution is -0.389. The van der Waals surface area contributed by atoms with Crippen molar-refractivity contribution in [3.8, 4) is 17.4 Å². The maximum Gasteiger partial charge on any atom is 0.573 e. The predicted octanol–water partition coefficient (Wildman–Crippen LogP) is 2.85. The van der Waals surface area contributed by atoms with Crippen LogP contribution in [0.4, 0.5) is 19.0 Å². The van der Waals surface area contributed by atoms with E-state index in [0.717, 1.165) is 5.56 Å². The quantitative estimate of drug-likeness (QED) is 0.442. The van der Waals surface area contributed by atoms with Gasteiger partial charge < -0.3 is 24.3 Å². The number of hydrogen-bond donors (Lipinski definition) is 0. The molecule has 3 aromatic rings. The van der Waals surface area contributed by atoms with Gasteiger partial charge in [-0.25, -0.2) is 4.68 Å². The van der Waals surface area contributed by atoms with E-state index in [9.17, 15) is 23.3 Å². The number of alkyl halides is 3. The summed E-state index contributed by atoms with van der Waals surface area (Å²) in [5.41, 5.74) is 1.28. The Hall–Kier alpha value is -3.61. The van der Waals surface area contributed by atoms with E-state index in [4.69, 9.17) is 9.47 Å². The average Bonchev–Trinajstić information content (AvgIpc) is 3.32. The highest BCUT2D eigenvalue weighted by Crippen LogP contribution is 2.24. The third-order valence-corrected chi connectivity index (χ3v) is 4.17. The number of hydrogen-bond acceptors (Lipinski definition) is 7. The van der Waals surface area contributed by atoms with Gasteiger partial charge in [0, 0.05) is 16.7 Å². The Kier molecular flexibility index (Phi) is 5.03. The molecule has 3 heterocycles. The summed E-state index contributed by atoms with van der Waals surface area (Å²) < 4.78 is 54.7. The minimum atomic E-state index is -4.75. The minimum Gasteiger partial charge on any atom is -0.443 e. The van der Waals surface area contributed by atoms with Crippen molar-refractivity contribution >= 4 is 5.82 Å². The van der Waals surface area contributed by atoms with E-state index in [-0.39, 0.29) is 36.9 Å². The summed E-state index contributed by atoms with van der Waals surface area (Å²) in [5, 5.41) is 15.0. The van der Waals surface area contributed by atoms with Crippen LogP contribution in [0.1, 0.15) is 5.56 Å². The maximum absolute atomic E-state index is 12.2. The molecule has 1 aromatic carbocycles. The molecule has 0 N–H and O–H groups in total. The molecule has 1 atom stereocenters. The summed E-state index contributed by atoms with van der Waals surface area (Å²) in [6.07, 6.45) is -0.556. The molecule has 0 unspecified atom stereocenters. The first-order chi connectivity index (χ1) is 14.3. The molecule has 0 fully saturated rings. The van der Waals surface area contributed by atoms with Gasteiger partial charge in [-0.2, -0.15) is 5.10 Å². The molecule has 0 saturated carbocycles. The van der Waals surface area contributed by atoms with Crippen LogP contribution in [0, 0.1) is 10.1 Å². The SMILES string of the molecule is O=[N+]([O-])c1cn2c(n1)OC[C@@H](OCc1cnn(-c3ccc(OC(F)(F)F)cc3)c1)C2. The van der Waals surface area contributed by atoms with E-state index in [1.807, 2.05) is 0 Å². The normalized spacial score (nSPS) is 16.0. The van der Waals surface area contributed by atoms with E-state index in [2.05, 4.69) is 14.8 Å². The van der Waals surface area contributed by atoms with Crippen LogP contribution in [0.15, 0.2) is 42.9 Å². The first-order valence-corrected chi connectivity index (χ1v) is 8.62. The second-order valence-corrected chi connectivity index (χ2v) is 6.37. The minimum absolute atomic E-state index is 0.173.